The molecule has 0 aliphatic carbocycles. The Morgan fingerprint density at radius 1 is 0.540 bits per heavy atom. The zero-order chi connectivity index (χ0) is 33.8. The Balaban J connectivity index is 1.25. The molecule has 0 bridgehead atoms. The molecule has 1 atom stereocenters. The Labute approximate surface area is 289 Å². The van der Waals surface area contributed by atoms with Gasteiger partial charge in [0.2, 0.25) is 0 Å². The quantitative estimate of drug-likeness (QED) is 0.203. The first-order valence-electron chi connectivity index (χ1n) is 16.5. The number of benzene rings is 7. The third kappa shape index (κ3) is 4.55. The largest absolute Gasteiger partial charge is 0.369 e. The number of fused-ring (bicyclic) bond motifs is 4. The zero-order valence-corrected chi connectivity index (χ0v) is 26.9. The predicted molar refractivity (Wildman–Crippen MR) is 200 cm³/mol. The van der Waals surface area contributed by atoms with Gasteiger partial charge < -0.3 is 9.67 Å². The van der Waals surface area contributed by atoms with Crippen LogP contribution in [0, 0.1) is 11.3 Å². The molecule has 1 N–H and O–H groups in total. The van der Waals surface area contributed by atoms with Gasteiger partial charge in [0, 0.05) is 21.9 Å². The van der Waals surface area contributed by atoms with E-state index in [0.29, 0.717) is 28.1 Å². The third-order valence-corrected chi connectivity index (χ3v) is 9.74. The second kappa shape index (κ2) is 11.7. The summed E-state index contributed by atoms with van der Waals surface area (Å²) < 4.78 is 2.14. The molecular formula is C45H29N3O2. The van der Waals surface area contributed by atoms with Crippen LogP contribution in [0.15, 0.2) is 164 Å². The number of carbonyl (C=O) groups is 1. The minimum Gasteiger partial charge on any atom is -0.369 e. The van der Waals surface area contributed by atoms with E-state index in [4.69, 9.17) is 0 Å². The van der Waals surface area contributed by atoms with Gasteiger partial charge in [-0.3, -0.25) is 9.69 Å². The topological polar surface area (TPSA) is 69.3 Å². The van der Waals surface area contributed by atoms with Crippen molar-refractivity contribution < 1.29 is 9.90 Å². The van der Waals surface area contributed by atoms with Crippen LogP contribution < -0.4 is 4.90 Å². The second-order valence-electron chi connectivity index (χ2n) is 12.5. The SMILES string of the molecule is N#Cc1ccc(-c2ccc3c4ccccc4n(-c4cccc5c4C(=O)N(c4cccc(-c6ccccc6)c4-c4ccccc4)C5O)c3c2)cc1. The van der Waals surface area contributed by atoms with Gasteiger partial charge in [-0.1, -0.05) is 127 Å². The third-order valence-electron chi connectivity index (χ3n) is 9.74. The maximum atomic E-state index is 14.9. The Kier molecular flexibility index (Phi) is 6.91. The summed E-state index contributed by atoms with van der Waals surface area (Å²) in [5.41, 5.74) is 10.7. The Morgan fingerprint density at radius 3 is 1.94 bits per heavy atom. The lowest BCUT2D eigenvalue weighted by Gasteiger charge is -2.26. The number of hydrogen-bond acceptors (Lipinski definition) is 3. The van der Waals surface area contributed by atoms with Crippen molar-refractivity contribution in [1.29, 1.82) is 5.26 Å². The molecular weight excluding hydrogens is 615 g/mol. The van der Waals surface area contributed by atoms with E-state index in [-0.39, 0.29) is 5.91 Å². The van der Waals surface area contributed by atoms with Crippen LogP contribution in [0.2, 0.25) is 0 Å². The van der Waals surface area contributed by atoms with Crippen molar-refractivity contribution in [2.45, 2.75) is 6.23 Å². The van der Waals surface area contributed by atoms with Gasteiger partial charge in [0.05, 0.1) is 39.6 Å². The molecule has 1 aliphatic heterocycles. The van der Waals surface area contributed by atoms with E-state index in [2.05, 4.69) is 59.2 Å². The molecule has 5 heteroatoms. The summed E-state index contributed by atoms with van der Waals surface area (Å²) in [7, 11) is 0. The number of rotatable bonds is 5. The normalized spacial score (nSPS) is 13.9. The van der Waals surface area contributed by atoms with Crippen molar-refractivity contribution in [3.63, 3.8) is 0 Å². The molecule has 9 rings (SSSR count). The zero-order valence-electron chi connectivity index (χ0n) is 26.9. The van der Waals surface area contributed by atoms with Crippen molar-refractivity contribution in [3.8, 4) is 45.1 Å². The summed E-state index contributed by atoms with van der Waals surface area (Å²) >= 11 is 0. The lowest BCUT2D eigenvalue weighted by molar-refractivity contribution is 0.0935. The van der Waals surface area contributed by atoms with Crippen molar-refractivity contribution in [2.24, 2.45) is 0 Å². The minimum atomic E-state index is -1.19. The Morgan fingerprint density at radius 2 is 1.18 bits per heavy atom. The highest BCUT2D eigenvalue weighted by atomic mass is 16.3. The van der Waals surface area contributed by atoms with Crippen LogP contribution >= 0.6 is 0 Å². The molecule has 8 aromatic rings. The number of nitrogens with zero attached hydrogens (tertiary/aromatic N) is 3. The van der Waals surface area contributed by atoms with Crippen molar-refractivity contribution in [2.75, 3.05) is 4.90 Å². The molecule has 0 spiro atoms. The van der Waals surface area contributed by atoms with Crippen LogP contribution in [0.4, 0.5) is 5.69 Å². The minimum absolute atomic E-state index is 0.264. The number of nitriles is 1. The van der Waals surface area contributed by atoms with Crippen LogP contribution in [0.1, 0.15) is 27.7 Å². The average molecular weight is 644 g/mol. The second-order valence-corrected chi connectivity index (χ2v) is 12.5. The first-order chi connectivity index (χ1) is 24.6. The summed E-state index contributed by atoms with van der Waals surface area (Å²) in [5.74, 6) is -0.264. The highest BCUT2D eigenvalue weighted by Crippen LogP contribution is 2.47. The van der Waals surface area contributed by atoms with E-state index in [0.717, 1.165) is 55.2 Å². The van der Waals surface area contributed by atoms with Gasteiger partial charge in [0.15, 0.2) is 6.23 Å². The smallest absolute Gasteiger partial charge is 0.263 e. The van der Waals surface area contributed by atoms with Crippen LogP contribution in [0.3, 0.4) is 0 Å². The summed E-state index contributed by atoms with van der Waals surface area (Å²) in [4.78, 5) is 16.4. The number of carbonyl (C=O) groups excluding carboxylic acids is 1. The van der Waals surface area contributed by atoms with E-state index in [1.165, 1.54) is 0 Å². The lowest BCUT2D eigenvalue weighted by Crippen LogP contribution is -2.28. The fraction of sp³-hybridized carbons (Fsp3) is 0.0222. The molecule has 5 nitrogen and oxygen atoms in total. The summed E-state index contributed by atoms with van der Waals surface area (Å²) in [5, 5.41) is 23.5. The maximum absolute atomic E-state index is 14.9. The van der Waals surface area contributed by atoms with Crippen molar-refractivity contribution >= 4 is 33.4 Å². The first kappa shape index (κ1) is 29.4. The van der Waals surface area contributed by atoms with Gasteiger partial charge in [-0.2, -0.15) is 5.26 Å². The lowest BCUT2D eigenvalue weighted by atomic mass is 9.92. The molecule has 1 unspecified atom stereocenters. The highest BCUT2D eigenvalue weighted by Gasteiger charge is 2.40. The number of aromatic nitrogens is 1. The summed E-state index contributed by atoms with van der Waals surface area (Å²) in [6, 6.07) is 56.2. The number of para-hydroxylation sites is 1. The molecule has 1 aliphatic rings. The average Bonchev–Trinajstić information content (AvgIpc) is 3.65. The molecule has 236 valence electrons. The Bertz CT molecular complexity index is 2640. The molecule has 0 saturated heterocycles. The van der Waals surface area contributed by atoms with Gasteiger partial charge in [0.25, 0.3) is 5.91 Å². The van der Waals surface area contributed by atoms with Gasteiger partial charge >= 0.3 is 0 Å². The van der Waals surface area contributed by atoms with Crippen LogP contribution in [-0.2, 0) is 0 Å². The van der Waals surface area contributed by atoms with Gasteiger partial charge in [-0.15, -0.1) is 0 Å². The van der Waals surface area contributed by atoms with Crippen LogP contribution in [0.5, 0.6) is 0 Å². The van der Waals surface area contributed by atoms with E-state index in [1.807, 2.05) is 115 Å². The Hall–Kier alpha value is -6.74. The van der Waals surface area contributed by atoms with Crippen molar-refractivity contribution in [1.82, 2.24) is 4.57 Å². The van der Waals surface area contributed by atoms with E-state index in [9.17, 15) is 15.2 Å². The number of aliphatic hydroxyl groups excluding tert-OH is 1. The number of anilines is 1. The van der Waals surface area contributed by atoms with Gasteiger partial charge in [-0.05, 0) is 64.2 Å². The maximum Gasteiger partial charge on any atom is 0.263 e. The number of aliphatic hydroxyl groups is 1. The molecule has 2 heterocycles. The van der Waals surface area contributed by atoms with Crippen LogP contribution in [0.25, 0.3) is 60.9 Å². The molecule has 0 radical (unpaired) electrons. The molecule has 0 saturated carbocycles. The molecule has 7 aromatic carbocycles. The van der Waals surface area contributed by atoms with Gasteiger partial charge in [-0.25, -0.2) is 0 Å². The van der Waals surface area contributed by atoms with E-state index >= 15 is 0 Å². The van der Waals surface area contributed by atoms with E-state index < -0.39 is 6.23 Å². The highest BCUT2D eigenvalue weighted by molar-refractivity contribution is 6.17. The summed E-state index contributed by atoms with van der Waals surface area (Å²) in [6.07, 6.45) is -1.19. The first-order valence-corrected chi connectivity index (χ1v) is 16.5. The van der Waals surface area contributed by atoms with Gasteiger partial charge in [0.1, 0.15) is 0 Å². The molecule has 1 amide bonds. The fourth-order valence-electron chi connectivity index (χ4n) is 7.46. The van der Waals surface area contributed by atoms with Crippen LogP contribution in [-0.4, -0.2) is 15.6 Å². The standard InChI is InChI=1S/C45H29N3O2/c46-28-29-21-23-30(24-22-29)33-25-26-36-35-15-7-8-18-38(35)47(41(36)27-33)40-20-10-17-37-43(40)45(50)48(44(37)49)39-19-9-16-34(31-11-3-1-4-12-31)42(39)32-13-5-2-6-14-32/h1-27,44,49H. The summed E-state index contributed by atoms with van der Waals surface area (Å²) in [6.45, 7) is 0. The number of amides is 1. The van der Waals surface area contributed by atoms with Crippen molar-refractivity contribution in [3.05, 3.63) is 180 Å². The molecule has 1 aromatic heterocycles. The fourth-order valence-corrected chi connectivity index (χ4v) is 7.46. The molecule has 0 fully saturated rings. The molecule has 50 heavy (non-hydrogen) atoms. The number of hydrogen-bond donors (Lipinski definition) is 1. The van der Waals surface area contributed by atoms with E-state index in [1.54, 1.807) is 4.90 Å². The monoisotopic (exact) mass is 643 g/mol. The predicted octanol–water partition coefficient (Wildman–Crippen LogP) is 10.3.